The molecule has 1 aliphatic rings. The Bertz CT molecular complexity index is 427. The monoisotopic (exact) mass is 260 g/mol. The Morgan fingerprint density at radius 1 is 1.21 bits per heavy atom. The molecule has 1 unspecified atom stereocenters. The van der Waals surface area contributed by atoms with Gasteiger partial charge >= 0.3 is 6.03 Å². The third-order valence-corrected chi connectivity index (χ3v) is 3.82. The van der Waals surface area contributed by atoms with E-state index in [-0.39, 0.29) is 6.03 Å². The van der Waals surface area contributed by atoms with Gasteiger partial charge in [0.1, 0.15) is 0 Å². The van der Waals surface area contributed by atoms with Crippen LogP contribution in [0.15, 0.2) is 24.3 Å². The van der Waals surface area contributed by atoms with Gasteiger partial charge in [0.15, 0.2) is 0 Å². The maximum atomic E-state index is 12.4. The largest absolute Gasteiger partial charge is 0.320 e. The third-order valence-electron chi connectivity index (χ3n) is 3.82. The second kappa shape index (κ2) is 6.09. The normalized spacial score (nSPS) is 19.3. The molecule has 19 heavy (non-hydrogen) atoms. The van der Waals surface area contributed by atoms with Gasteiger partial charge in [-0.05, 0) is 25.3 Å². The molecule has 1 fully saturated rings. The zero-order valence-electron chi connectivity index (χ0n) is 12.2. The van der Waals surface area contributed by atoms with E-state index in [0.29, 0.717) is 6.04 Å². The topological polar surface area (TPSA) is 23.6 Å². The van der Waals surface area contributed by atoms with Crippen LogP contribution in [0.5, 0.6) is 0 Å². The molecule has 1 aliphatic heterocycles. The number of carbonyl (C=O) groups excluding carboxylic acids is 1. The zero-order chi connectivity index (χ0) is 13.8. The molecule has 0 bridgehead atoms. The quantitative estimate of drug-likeness (QED) is 0.795. The van der Waals surface area contributed by atoms with E-state index in [4.69, 9.17) is 0 Å². The van der Waals surface area contributed by atoms with Gasteiger partial charge < -0.3 is 9.80 Å². The molecule has 0 spiro atoms. The number of rotatable bonds is 5. The zero-order valence-corrected chi connectivity index (χ0v) is 12.2. The van der Waals surface area contributed by atoms with Crippen LogP contribution in [-0.2, 0) is 6.54 Å². The van der Waals surface area contributed by atoms with E-state index in [2.05, 4.69) is 45.0 Å². The average Bonchev–Trinajstić information content (AvgIpc) is 2.70. The fourth-order valence-corrected chi connectivity index (χ4v) is 2.68. The van der Waals surface area contributed by atoms with Gasteiger partial charge in [-0.3, -0.25) is 0 Å². The molecule has 3 heteroatoms. The molecule has 0 radical (unpaired) electrons. The molecule has 2 rings (SSSR count). The lowest BCUT2D eigenvalue weighted by atomic mass is 10.1. The minimum absolute atomic E-state index is 0.203. The molecule has 0 aromatic heterocycles. The van der Waals surface area contributed by atoms with Gasteiger partial charge in [-0.2, -0.15) is 0 Å². The van der Waals surface area contributed by atoms with Gasteiger partial charge in [0.2, 0.25) is 0 Å². The number of hydrogen-bond acceptors (Lipinski definition) is 1. The standard InChI is InChI=1S/C16H24N2O/c1-4-10-18-15(5-2)12-17(16(18)19)11-14-8-6-13(3)7-9-14/h6-9,15H,4-5,10-12H2,1-3H3. The predicted molar refractivity (Wildman–Crippen MR) is 78.1 cm³/mol. The van der Waals surface area contributed by atoms with Crippen molar-refractivity contribution >= 4 is 6.03 Å². The van der Waals surface area contributed by atoms with Gasteiger partial charge in [0.25, 0.3) is 0 Å². The molecule has 0 aliphatic carbocycles. The Morgan fingerprint density at radius 3 is 2.47 bits per heavy atom. The van der Waals surface area contributed by atoms with Crippen LogP contribution < -0.4 is 0 Å². The lowest BCUT2D eigenvalue weighted by molar-refractivity contribution is 0.184. The summed E-state index contributed by atoms with van der Waals surface area (Å²) in [5, 5.41) is 0. The van der Waals surface area contributed by atoms with Crippen LogP contribution >= 0.6 is 0 Å². The molecule has 1 aromatic carbocycles. The minimum atomic E-state index is 0.203. The molecule has 1 atom stereocenters. The second-order valence-corrected chi connectivity index (χ2v) is 5.40. The van der Waals surface area contributed by atoms with Gasteiger partial charge in [0.05, 0.1) is 6.04 Å². The van der Waals surface area contributed by atoms with Crippen molar-refractivity contribution in [3.8, 4) is 0 Å². The van der Waals surface area contributed by atoms with Crippen molar-refractivity contribution in [2.45, 2.75) is 46.2 Å². The molecule has 1 aromatic rings. The summed E-state index contributed by atoms with van der Waals surface area (Å²) in [5.74, 6) is 0. The van der Waals surface area contributed by atoms with Crippen LogP contribution in [0.25, 0.3) is 0 Å². The summed E-state index contributed by atoms with van der Waals surface area (Å²) in [4.78, 5) is 16.4. The van der Waals surface area contributed by atoms with Crippen LogP contribution in [0.1, 0.15) is 37.8 Å². The molecule has 3 nitrogen and oxygen atoms in total. The van der Waals surface area contributed by atoms with E-state index in [9.17, 15) is 4.79 Å². The van der Waals surface area contributed by atoms with Crippen molar-refractivity contribution in [2.24, 2.45) is 0 Å². The summed E-state index contributed by atoms with van der Waals surface area (Å²) in [6.07, 6.45) is 2.07. The van der Waals surface area contributed by atoms with E-state index < -0.39 is 0 Å². The number of nitrogens with zero attached hydrogens (tertiary/aromatic N) is 2. The van der Waals surface area contributed by atoms with E-state index in [1.165, 1.54) is 11.1 Å². The Morgan fingerprint density at radius 2 is 1.89 bits per heavy atom. The molecule has 2 amide bonds. The lowest BCUT2D eigenvalue weighted by Gasteiger charge is -2.21. The summed E-state index contributed by atoms with van der Waals surface area (Å²) in [5.41, 5.74) is 2.47. The van der Waals surface area contributed by atoms with E-state index >= 15 is 0 Å². The first-order valence-electron chi connectivity index (χ1n) is 7.26. The smallest absolute Gasteiger partial charge is 0.320 e. The highest BCUT2D eigenvalue weighted by Gasteiger charge is 2.35. The molecule has 0 saturated carbocycles. The maximum absolute atomic E-state index is 12.4. The van der Waals surface area contributed by atoms with E-state index in [1.54, 1.807) is 0 Å². The van der Waals surface area contributed by atoms with Crippen LogP contribution in [0, 0.1) is 6.92 Å². The SMILES string of the molecule is CCCN1C(=O)N(Cc2ccc(C)cc2)CC1CC. The number of benzene rings is 1. The number of hydrogen-bond donors (Lipinski definition) is 0. The lowest BCUT2D eigenvalue weighted by Crippen LogP contribution is -2.35. The number of carbonyl (C=O) groups is 1. The average molecular weight is 260 g/mol. The Kier molecular flexibility index (Phi) is 4.46. The predicted octanol–water partition coefficient (Wildman–Crippen LogP) is 3.42. The first kappa shape index (κ1) is 13.9. The molecular weight excluding hydrogens is 236 g/mol. The van der Waals surface area contributed by atoms with Gasteiger partial charge in [-0.15, -0.1) is 0 Å². The Hall–Kier alpha value is -1.51. The summed E-state index contributed by atoms with van der Waals surface area (Å²) in [6, 6.07) is 9.04. The highest BCUT2D eigenvalue weighted by atomic mass is 16.2. The summed E-state index contributed by atoms with van der Waals surface area (Å²) >= 11 is 0. The number of amides is 2. The Labute approximate surface area is 116 Å². The highest BCUT2D eigenvalue weighted by Crippen LogP contribution is 2.21. The number of urea groups is 1. The molecule has 1 heterocycles. The van der Waals surface area contributed by atoms with Gasteiger partial charge in [-0.25, -0.2) is 4.79 Å². The van der Waals surface area contributed by atoms with Crippen molar-refractivity contribution in [3.63, 3.8) is 0 Å². The maximum Gasteiger partial charge on any atom is 0.320 e. The molecule has 1 saturated heterocycles. The van der Waals surface area contributed by atoms with Gasteiger partial charge in [0, 0.05) is 19.6 Å². The summed E-state index contributed by atoms with van der Waals surface area (Å²) in [7, 11) is 0. The van der Waals surface area contributed by atoms with E-state index in [1.807, 2.05) is 9.80 Å². The van der Waals surface area contributed by atoms with Crippen molar-refractivity contribution in [1.82, 2.24) is 9.80 Å². The molecule has 0 N–H and O–H groups in total. The van der Waals surface area contributed by atoms with Crippen molar-refractivity contribution in [1.29, 1.82) is 0 Å². The summed E-state index contributed by atoms with van der Waals surface area (Å²) in [6.45, 7) is 8.85. The van der Waals surface area contributed by atoms with Crippen molar-refractivity contribution in [3.05, 3.63) is 35.4 Å². The van der Waals surface area contributed by atoms with Crippen molar-refractivity contribution < 1.29 is 4.79 Å². The number of aryl methyl sites for hydroxylation is 1. The first-order valence-corrected chi connectivity index (χ1v) is 7.26. The van der Waals surface area contributed by atoms with Crippen LogP contribution in [0.3, 0.4) is 0 Å². The minimum Gasteiger partial charge on any atom is -0.320 e. The van der Waals surface area contributed by atoms with Crippen LogP contribution in [-0.4, -0.2) is 35.0 Å². The Balaban J connectivity index is 2.05. The fraction of sp³-hybridized carbons (Fsp3) is 0.562. The first-order chi connectivity index (χ1) is 9.15. The second-order valence-electron chi connectivity index (χ2n) is 5.40. The third kappa shape index (κ3) is 3.09. The van der Waals surface area contributed by atoms with Gasteiger partial charge in [-0.1, -0.05) is 43.7 Å². The molecular formula is C16H24N2O. The van der Waals surface area contributed by atoms with Crippen LogP contribution in [0.4, 0.5) is 4.79 Å². The van der Waals surface area contributed by atoms with Crippen molar-refractivity contribution in [2.75, 3.05) is 13.1 Å². The van der Waals surface area contributed by atoms with Crippen LogP contribution in [0.2, 0.25) is 0 Å². The molecule has 104 valence electrons. The highest BCUT2D eigenvalue weighted by molar-refractivity contribution is 5.77. The summed E-state index contributed by atoms with van der Waals surface area (Å²) < 4.78 is 0. The van der Waals surface area contributed by atoms with E-state index in [0.717, 1.165) is 32.5 Å². The fourth-order valence-electron chi connectivity index (χ4n) is 2.68.